The van der Waals surface area contributed by atoms with Crippen molar-refractivity contribution in [3.8, 4) is 17.0 Å². The number of nitrogens with zero attached hydrogens (tertiary/aromatic N) is 2. The maximum absolute atomic E-state index is 13.2. The third-order valence-electron chi connectivity index (χ3n) is 7.40. The molecule has 0 spiro atoms. The molecule has 1 unspecified atom stereocenters. The molecule has 40 heavy (non-hydrogen) atoms. The fraction of sp³-hybridized carbons (Fsp3) is 0.464. The van der Waals surface area contributed by atoms with Crippen LogP contribution in [0.5, 0.6) is 5.75 Å². The van der Waals surface area contributed by atoms with Gasteiger partial charge in [-0.1, -0.05) is 17.7 Å². The second-order valence-corrected chi connectivity index (χ2v) is 12.0. The van der Waals surface area contributed by atoms with E-state index in [1.807, 2.05) is 17.7 Å². The van der Waals surface area contributed by atoms with E-state index in [2.05, 4.69) is 16.0 Å². The third-order valence-corrected chi connectivity index (χ3v) is 8.63. The van der Waals surface area contributed by atoms with Crippen molar-refractivity contribution in [2.24, 2.45) is 0 Å². The summed E-state index contributed by atoms with van der Waals surface area (Å²) in [5, 5.41) is 15.2. The molecule has 2 atom stereocenters. The quantitative estimate of drug-likeness (QED) is 0.330. The van der Waals surface area contributed by atoms with Gasteiger partial charge in [-0.2, -0.15) is 26.7 Å². The molecule has 0 amide bonds. The van der Waals surface area contributed by atoms with Gasteiger partial charge in [0.15, 0.2) is 5.75 Å². The molecule has 2 aliphatic heterocycles. The van der Waals surface area contributed by atoms with Crippen molar-refractivity contribution in [2.45, 2.75) is 55.8 Å². The number of hydrogen-bond acceptors (Lipinski definition) is 7. The summed E-state index contributed by atoms with van der Waals surface area (Å²) in [4.78, 5) is -0.569. The first kappa shape index (κ1) is 28.6. The lowest BCUT2D eigenvalue weighted by atomic mass is 9.95. The molecular weight excluding hydrogens is 543 g/mol. The standard InChI is InChI=1S/C28H34F3N5O3S/c1-19-7-8-27(39-40(37,38)23-6-2-5-21(15-23)28(29,30)31)24(14-19)25-16-26(20-4-3-10-32-17-20)36(35-25)13-12-34-22-9-11-33-18-22/h2,5-8,14-16,20,22,32-34H,3-4,9-13,17-18H2,1H3/t20?,22-/m1/s1. The molecule has 0 aliphatic carbocycles. The van der Waals surface area contributed by atoms with Crippen molar-refractivity contribution >= 4 is 10.1 Å². The number of benzene rings is 2. The molecular formula is C28H34F3N5O3S. The van der Waals surface area contributed by atoms with Crippen molar-refractivity contribution in [3.05, 3.63) is 65.4 Å². The average Bonchev–Trinajstić information content (AvgIpc) is 3.60. The summed E-state index contributed by atoms with van der Waals surface area (Å²) in [6.07, 6.45) is -1.54. The predicted octanol–water partition coefficient (Wildman–Crippen LogP) is 4.06. The number of hydrogen-bond donors (Lipinski definition) is 3. The summed E-state index contributed by atoms with van der Waals surface area (Å²) >= 11 is 0. The monoisotopic (exact) mass is 577 g/mol. The first-order valence-electron chi connectivity index (χ1n) is 13.6. The van der Waals surface area contributed by atoms with E-state index in [1.165, 1.54) is 6.07 Å². The van der Waals surface area contributed by atoms with Crippen LogP contribution in [0.25, 0.3) is 11.3 Å². The van der Waals surface area contributed by atoms with Crippen LogP contribution in [0.3, 0.4) is 0 Å². The van der Waals surface area contributed by atoms with E-state index >= 15 is 0 Å². The molecule has 2 fully saturated rings. The van der Waals surface area contributed by atoms with Crippen LogP contribution >= 0.6 is 0 Å². The highest BCUT2D eigenvalue weighted by molar-refractivity contribution is 7.87. The Kier molecular flexibility index (Phi) is 8.50. The molecule has 3 heterocycles. The molecule has 0 saturated carbocycles. The molecule has 2 aliphatic rings. The summed E-state index contributed by atoms with van der Waals surface area (Å²) < 4.78 is 73.3. The molecule has 2 saturated heterocycles. The molecule has 1 aromatic heterocycles. The summed E-state index contributed by atoms with van der Waals surface area (Å²) in [7, 11) is -4.55. The largest absolute Gasteiger partial charge is 0.416 e. The summed E-state index contributed by atoms with van der Waals surface area (Å²) in [5.74, 6) is 0.266. The number of aromatic nitrogens is 2. The number of piperidine rings is 1. The van der Waals surface area contributed by atoms with Gasteiger partial charge in [0.25, 0.3) is 0 Å². The van der Waals surface area contributed by atoms with Crippen LogP contribution in [0.2, 0.25) is 0 Å². The SMILES string of the molecule is Cc1ccc(OS(=O)(=O)c2cccc(C(F)(F)F)c2)c(-c2cc(C3CCCNC3)n(CCN[C@@H]3CCNC3)n2)c1. The van der Waals surface area contributed by atoms with E-state index in [9.17, 15) is 21.6 Å². The van der Waals surface area contributed by atoms with Gasteiger partial charge in [-0.25, -0.2) is 0 Å². The molecule has 3 N–H and O–H groups in total. The lowest BCUT2D eigenvalue weighted by Gasteiger charge is -2.23. The Balaban J connectivity index is 1.46. The number of halogens is 3. The molecule has 5 rings (SSSR count). The van der Waals surface area contributed by atoms with Crippen LogP contribution in [-0.4, -0.2) is 57.0 Å². The molecule has 2 aromatic carbocycles. The summed E-state index contributed by atoms with van der Waals surface area (Å²) in [5.41, 5.74) is 1.88. The molecule has 216 valence electrons. The van der Waals surface area contributed by atoms with Gasteiger partial charge in [-0.05, 0) is 75.7 Å². The van der Waals surface area contributed by atoms with Crippen LogP contribution in [0.15, 0.2) is 53.4 Å². The lowest BCUT2D eigenvalue weighted by molar-refractivity contribution is -0.137. The zero-order chi connectivity index (χ0) is 28.3. The molecule has 12 heteroatoms. The van der Waals surface area contributed by atoms with Crippen LogP contribution in [0, 0.1) is 6.92 Å². The Labute approximate surface area is 232 Å². The maximum Gasteiger partial charge on any atom is 0.416 e. The minimum atomic E-state index is -4.68. The number of alkyl halides is 3. The highest BCUT2D eigenvalue weighted by Gasteiger charge is 2.32. The Bertz CT molecular complexity index is 1430. The van der Waals surface area contributed by atoms with Crippen molar-refractivity contribution < 1.29 is 25.8 Å². The van der Waals surface area contributed by atoms with Crippen molar-refractivity contribution in [1.82, 2.24) is 25.7 Å². The number of nitrogens with one attached hydrogen (secondary N) is 3. The maximum atomic E-state index is 13.2. The zero-order valence-corrected chi connectivity index (χ0v) is 23.1. The van der Waals surface area contributed by atoms with E-state index in [0.717, 1.165) is 81.4 Å². The second-order valence-electron chi connectivity index (χ2n) is 10.4. The smallest absolute Gasteiger partial charge is 0.378 e. The average molecular weight is 578 g/mol. The topological polar surface area (TPSA) is 97.3 Å². The minimum absolute atomic E-state index is 0.0103. The summed E-state index contributed by atoms with van der Waals surface area (Å²) in [6.45, 7) is 6.99. The van der Waals surface area contributed by atoms with E-state index in [0.29, 0.717) is 29.9 Å². The van der Waals surface area contributed by atoms with E-state index < -0.39 is 26.8 Å². The molecule has 3 aromatic rings. The van der Waals surface area contributed by atoms with Gasteiger partial charge in [0.2, 0.25) is 0 Å². The van der Waals surface area contributed by atoms with E-state index in [4.69, 9.17) is 9.28 Å². The van der Waals surface area contributed by atoms with E-state index in [-0.39, 0.29) is 11.7 Å². The van der Waals surface area contributed by atoms with Crippen molar-refractivity contribution in [3.63, 3.8) is 0 Å². The highest BCUT2D eigenvalue weighted by Crippen LogP contribution is 2.36. The van der Waals surface area contributed by atoms with Crippen LogP contribution in [-0.2, 0) is 22.8 Å². The number of rotatable bonds is 9. The van der Waals surface area contributed by atoms with Gasteiger partial charge in [-0.3, -0.25) is 4.68 Å². The molecule has 0 bridgehead atoms. The Morgan fingerprint density at radius 3 is 2.62 bits per heavy atom. The first-order chi connectivity index (χ1) is 19.1. The van der Waals surface area contributed by atoms with Crippen LogP contribution in [0.1, 0.15) is 42.0 Å². The Hall–Kier alpha value is -2.93. The van der Waals surface area contributed by atoms with Crippen molar-refractivity contribution in [2.75, 3.05) is 32.7 Å². The van der Waals surface area contributed by atoms with Crippen molar-refractivity contribution in [1.29, 1.82) is 0 Å². The van der Waals surface area contributed by atoms with Gasteiger partial charge in [0.05, 0.1) is 17.8 Å². The first-order valence-corrected chi connectivity index (χ1v) is 15.0. The number of aryl methyl sites for hydroxylation is 1. The fourth-order valence-electron chi connectivity index (χ4n) is 5.29. The zero-order valence-electron chi connectivity index (χ0n) is 22.3. The van der Waals surface area contributed by atoms with E-state index in [1.54, 1.807) is 12.1 Å². The van der Waals surface area contributed by atoms with Gasteiger partial charge in [0.1, 0.15) is 4.90 Å². The van der Waals surface area contributed by atoms with Gasteiger partial charge < -0.3 is 20.1 Å². The predicted molar refractivity (Wildman–Crippen MR) is 146 cm³/mol. The lowest BCUT2D eigenvalue weighted by Crippen LogP contribution is -2.34. The minimum Gasteiger partial charge on any atom is -0.378 e. The Morgan fingerprint density at radius 1 is 1.07 bits per heavy atom. The van der Waals surface area contributed by atoms with Gasteiger partial charge in [-0.15, -0.1) is 0 Å². The molecule has 0 radical (unpaired) electrons. The third kappa shape index (κ3) is 6.68. The fourth-order valence-corrected chi connectivity index (χ4v) is 6.28. The van der Waals surface area contributed by atoms with Crippen LogP contribution < -0.4 is 20.1 Å². The van der Waals surface area contributed by atoms with Gasteiger partial charge in [0, 0.05) is 42.9 Å². The van der Waals surface area contributed by atoms with Crippen LogP contribution in [0.4, 0.5) is 13.2 Å². The van der Waals surface area contributed by atoms with Gasteiger partial charge >= 0.3 is 16.3 Å². The second kappa shape index (κ2) is 11.9. The Morgan fingerprint density at radius 2 is 1.90 bits per heavy atom. The molecule has 8 nitrogen and oxygen atoms in total. The normalized spacial score (nSPS) is 20.1. The highest BCUT2D eigenvalue weighted by atomic mass is 32.2. The summed E-state index contributed by atoms with van der Waals surface area (Å²) in [6, 6.07) is 11.0.